The topological polar surface area (TPSA) is 38.3 Å². The van der Waals surface area contributed by atoms with E-state index in [0.717, 1.165) is 16.9 Å². The molecule has 0 aliphatic rings. The van der Waals surface area contributed by atoms with E-state index in [2.05, 4.69) is 17.4 Å². The Morgan fingerprint density at radius 2 is 1.58 bits per heavy atom. The zero-order valence-electron chi connectivity index (χ0n) is 14.6. The summed E-state index contributed by atoms with van der Waals surface area (Å²) >= 11 is 1.70. The number of rotatable bonds is 7. The lowest BCUT2D eigenvalue weighted by Gasteiger charge is -2.08. The van der Waals surface area contributed by atoms with Crippen molar-refractivity contribution in [1.29, 1.82) is 0 Å². The fraction of sp³-hybridized carbons (Fsp3) is 0.136. The van der Waals surface area contributed by atoms with Crippen LogP contribution in [0.1, 0.15) is 21.5 Å². The minimum Gasteiger partial charge on any atom is -0.489 e. The Hall–Kier alpha value is -2.72. The van der Waals surface area contributed by atoms with Crippen LogP contribution in [0.2, 0.25) is 0 Å². The summed E-state index contributed by atoms with van der Waals surface area (Å²) < 4.78 is 5.74. The SMILES string of the molecule is CSc1ccc(CNC(=O)c2ccc(OCc3ccccc3)cc2)cc1. The first-order valence-electron chi connectivity index (χ1n) is 8.42. The zero-order chi connectivity index (χ0) is 18.2. The summed E-state index contributed by atoms with van der Waals surface area (Å²) in [6, 6.07) is 25.4. The molecule has 0 atom stereocenters. The average molecular weight is 363 g/mol. The molecule has 3 aromatic carbocycles. The highest BCUT2D eigenvalue weighted by Crippen LogP contribution is 2.16. The lowest BCUT2D eigenvalue weighted by atomic mass is 10.2. The largest absolute Gasteiger partial charge is 0.489 e. The second-order valence-electron chi connectivity index (χ2n) is 5.83. The Kier molecular flexibility index (Phi) is 6.34. The molecule has 4 heteroatoms. The molecule has 0 saturated heterocycles. The van der Waals surface area contributed by atoms with Crippen molar-refractivity contribution < 1.29 is 9.53 Å². The van der Waals surface area contributed by atoms with Gasteiger partial charge in [0.25, 0.3) is 5.91 Å². The number of hydrogen-bond donors (Lipinski definition) is 1. The van der Waals surface area contributed by atoms with Crippen molar-refractivity contribution in [2.24, 2.45) is 0 Å². The normalized spacial score (nSPS) is 10.3. The van der Waals surface area contributed by atoms with Crippen LogP contribution in [0.25, 0.3) is 0 Å². The van der Waals surface area contributed by atoms with Crippen molar-refractivity contribution in [3.05, 3.63) is 95.6 Å². The first kappa shape index (κ1) is 18.1. The molecule has 0 unspecified atom stereocenters. The molecule has 3 rings (SSSR count). The third-order valence-corrected chi connectivity index (χ3v) is 4.72. The van der Waals surface area contributed by atoms with Crippen LogP contribution in [0.3, 0.4) is 0 Å². The molecule has 0 aliphatic heterocycles. The van der Waals surface area contributed by atoms with Crippen LogP contribution in [-0.4, -0.2) is 12.2 Å². The quantitative estimate of drug-likeness (QED) is 0.606. The summed E-state index contributed by atoms with van der Waals surface area (Å²) in [6.45, 7) is 1.03. The van der Waals surface area contributed by atoms with Crippen LogP contribution in [0, 0.1) is 0 Å². The third kappa shape index (κ3) is 5.14. The van der Waals surface area contributed by atoms with Gasteiger partial charge in [-0.15, -0.1) is 11.8 Å². The van der Waals surface area contributed by atoms with Crippen LogP contribution in [0.15, 0.2) is 83.8 Å². The Morgan fingerprint density at radius 1 is 0.885 bits per heavy atom. The van der Waals surface area contributed by atoms with Crippen molar-refractivity contribution in [2.45, 2.75) is 18.0 Å². The summed E-state index contributed by atoms with van der Waals surface area (Å²) in [5, 5.41) is 2.94. The Morgan fingerprint density at radius 3 is 2.23 bits per heavy atom. The van der Waals surface area contributed by atoms with Gasteiger partial charge >= 0.3 is 0 Å². The lowest BCUT2D eigenvalue weighted by molar-refractivity contribution is 0.0951. The Balaban J connectivity index is 1.51. The molecular formula is C22H21NO2S. The fourth-order valence-corrected chi connectivity index (χ4v) is 2.88. The van der Waals surface area contributed by atoms with E-state index in [-0.39, 0.29) is 5.91 Å². The molecule has 0 fully saturated rings. The van der Waals surface area contributed by atoms with E-state index in [1.54, 1.807) is 23.9 Å². The minimum atomic E-state index is -0.0893. The van der Waals surface area contributed by atoms with Crippen LogP contribution >= 0.6 is 11.8 Å². The van der Waals surface area contributed by atoms with Gasteiger partial charge in [-0.2, -0.15) is 0 Å². The summed E-state index contributed by atoms with van der Waals surface area (Å²) in [4.78, 5) is 13.5. The first-order valence-corrected chi connectivity index (χ1v) is 9.65. The summed E-state index contributed by atoms with van der Waals surface area (Å²) in [6.07, 6.45) is 2.05. The number of amides is 1. The molecule has 3 nitrogen and oxygen atoms in total. The minimum absolute atomic E-state index is 0.0893. The highest BCUT2D eigenvalue weighted by molar-refractivity contribution is 7.98. The van der Waals surface area contributed by atoms with Crippen LogP contribution in [0.4, 0.5) is 0 Å². The number of nitrogens with one attached hydrogen (secondary N) is 1. The van der Waals surface area contributed by atoms with Gasteiger partial charge in [0, 0.05) is 17.0 Å². The number of thioether (sulfide) groups is 1. The predicted molar refractivity (Wildman–Crippen MR) is 107 cm³/mol. The molecular weight excluding hydrogens is 342 g/mol. The van der Waals surface area contributed by atoms with E-state index in [1.807, 2.05) is 60.9 Å². The van der Waals surface area contributed by atoms with Gasteiger partial charge in [-0.3, -0.25) is 4.79 Å². The molecule has 0 bridgehead atoms. The maximum Gasteiger partial charge on any atom is 0.251 e. The van der Waals surface area contributed by atoms with Crippen LogP contribution in [0.5, 0.6) is 5.75 Å². The van der Waals surface area contributed by atoms with Gasteiger partial charge in [-0.1, -0.05) is 42.5 Å². The predicted octanol–water partition coefficient (Wildman–Crippen LogP) is 4.92. The fourth-order valence-electron chi connectivity index (χ4n) is 2.47. The van der Waals surface area contributed by atoms with E-state index in [4.69, 9.17) is 4.74 Å². The van der Waals surface area contributed by atoms with Crippen molar-refractivity contribution >= 4 is 17.7 Å². The molecule has 26 heavy (non-hydrogen) atoms. The molecule has 3 aromatic rings. The second kappa shape index (κ2) is 9.11. The standard InChI is InChI=1S/C22H21NO2S/c1-26-21-13-7-17(8-14-21)15-23-22(24)19-9-11-20(12-10-19)25-16-18-5-3-2-4-6-18/h2-14H,15-16H2,1H3,(H,23,24). The van der Waals surface area contributed by atoms with Crippen molar-refractivity contribution in [3.63, 3.8) is 0 Å². The molecule has 0 radical (unpaired) electrons. The number of carbonyl (C=O) groups excluding carboxylic acids is 1. The van der Waals surface area contributed by atoms with E-state index in [9.17, 15) is 4.79 Å². The van der Waals surface area contributed by atoms with E-state index in [1.165, 1.54) is 4.90 Å². The molecule has 132 valence electrons. The first-order chi connectivity index (χ1) is 12.7. The van der Waals surface area contributed by atoms with Gasteiger partial charge in [0.2, 0.25) is 0 Å². The van der Waals surface area contributed by atoms with Crippen LogP contribution in [-0.2, 0) is 13.2 Å². The third-order valence-electron chi connectivity index (χ3n) is 3.98. The van der Waals surface area contributed by atoms with E-state index in [0.29, 0.717) is 18.7 Å². The van der Waals surface area contributed by atoms with Crippen molar-refractivity contribution in [2.75, 3.05) is 6.26 Å². The number of hydrogen-bond acceptors (Lipinski definition) is 3. The highest BCUT2D eigenvalue weighted by atomic mass is 32.2. The summed E-state index contributed by atoms with van der Waals surface area (Å²) in [7, 11) is 0. The Bertz CT molecular complexity index is 830. The monoisotopic (exact) mass is 363 g/mol. The summed E-state index contributed by atoms with van der Waals surface area (Å²) in [5.74, 6) is 0.659. The van der Waals surface area contributed by atoms with Gasteiger partial charge in [-0.25, -0.2) is 0 Å². The van der Waals surface area contributed by atoms with Crippen LogP contribution < -0.4 is 10.1 Å². The zero-order valence-corrected chi connectivity index (χ0v) is 15.5. The van der Waals surface area contributed by atoms with Gasteiger partial charge in [0.1, 0.15) is 12.4 Å². The van der Waals surface area contributed by atoms with E-state index < -0.39 is 0 Å². The molecule has 0 heterocycles. The highest BCUT2D eigenvalue weighted by Gasteiger charge is 2.06. The molecule has 0 spiro atoms. The van der Waals surface area contributed by atoms with Crippen molar-refractivity contribution in [1.82, 2.24) is 5.32 Å². The molecule has 0 aliphatic carbocycles. The molecule has 1 amide bonds. The smallest absolute Gasteiger partial charge is 0.251 e. The summed E-state index contributed by atoms with van der Waals surface area (Å²) in [5.41, 5.74) is 2.82. The average Bonchev–Trinajstić information content (AvgIpc) is 2.72. The van der Waals surface area contributed by atoms with Gasteiger partial charge in [0.05, 0.1) is 0 Å². The second-order valence-corrected chi connectivity index (χ2v) is 6.71. The molecule has 0 aromatic heterocycles. The maximum absolute atomic E-state index is 12.3. The molecule has 0 saturated carbocycles. The van der Waals surface area contributed by atoms with Crippen molar-refractivity contribution in [3.8, 4) is 5.75 Å². The van der Waals surface area contributed by atoms with E-state index >= 15 is 0 Å². The number of carbonyl (C=O) groups is 1. The lowest BCUT2D eigenvalue weighted by Crippen LogP contribution is -2.22. The van der Waals surface area contributed by atoms with Gasteiger partial charge in [0.15, 0.2) is 0 Å². The number of ether oxygens (including phenoxy) is 1. The molecule has 1 N–H and O–H groups in total. The maximum atomic E-state index is 12.3. The van der Waals surface area contributed by atoms with Gasteiger partial charge in [-0.05, 0) is 53.8 Å². The van der Waals surface area contributed by atoms with Gasteiger partial charge < -0.3 is 10.1 Å². The number of benzene rings is 3. The Labute approximate surface area is 158 Å².